The SMILES string of the molecule is CCc1nc(Cl)c(C)c(N2CCN(C)C(CC)C2)n1. The van der Waals surface area contributed by atoms with E-state index < -0.39 is 0 Å². The molecule has 19 heavy (non-hydrogen) atoms. The summed E-state index contributed by atoms with van der Waals surface area (Å²) in [7, 11) is 2.20. The smallest absolute Gasteiger partial charge is 0.137 e. The highest BCUT2D eigenvalue weighted by molar-refractivity contribution is 6.30. The van der Waals surface area contributed by atoms with Gasteiger partial charge in [-0.3, -0.25) is 4.90 Å². The van der Waals surface area contributed by atoms with Gasteiger partial charge in [0.1, 0.15) is 16.8 Å². The molecule has 106 valence electrons. The van der Waals surface area contributed by atoms with E-state index >= 15 is 0 Å². The summed E-state index contributed by atoms with van der Waals surface area (Å²) in [5.41, 5.74) is 0.998. The fourth-order valence-electron chi connectivity index (χ4n) is 2.57. The lowest BCUT2D eigenvalue weighted by Gasteiger charge is -2.40. The predicted octanol–water partition coefficient (Wildman–Crippen LogP) is 2.53. The van der Waals surface area contributed by atoms with E-state index in [-0.39, 0.29) is 0 Å². The first kappa shape index (κ1) is 14.5. The fraction of sp³-hybridized carbons (Fsp3) is 0.714. The Bertz CT molecular complexity index is 449. The summed E-state index contributed by atoms with van der Waals surface area (Å²) in [6.45, 7) is 9.40. The van der Waals surface area contributed by atoms with Crippen LogP contribution in [0.25, 0.3) is 0 Å². The molecular weight excluding hydrogens is 260 g/mol. The number of aromatic nitrogens is 2. The van der Waals surface area contributed by atoms with Gasteiger partial charge in [-0.25, -0.2) is 9.97 Å². The molecule has 0 radical (unpaired) electrons. The van der Waals surface area contributed by atoms with Crippen LogP contribution >= 0.6 is 11.6 Å². The summed E-state index contributed by atoms with van der Waals surface area (Å²) in [6.07, 6.45) is 1.98. The molecule has 0 spiro atoms. The van der Waals surface area contributed by atoms with Crippen molar-refractivity contribution in [1.82, 2.24) is 14.9 Å². The molecule has 1 aromatic rings. The number of aryl methyl sites for hydroxylation is 1. The Morgan fingerprint density at radius 3 is 2.63 bits per heavy atom. The molecule has 1 aliphatic rings. The second-order valence-corrected chi connectivity index (χ2v) is 5.58. The molecule has 0 bridgehead atoms. The predicted molar refractivity (Wildman–Crippen MR) is 80.1 cm³/mol. The van der Waals surface area contributed by atoms with Gasteiger partial charge in [0.2, 0.25) is 0 Å². The third-order valence-corrected chi connectivity index (χ3v) is 4.34. The minimum Gasteiger partial charge on any atom is -0.353 e. The molecule has 5 heteroatoms. The maximum atomic E-state index is 6.23. The van der Waals surface area contributed by atoms with E-state index in [1.807, 2.05) is 6.92 Å². The number of likely N-dealkylation sites (N-methyl/N-ethyl adjacent to an activating group) is 1. The van der Waals surface area contributed by atoms with Crippen LogP contribution in [0.1, 0.15) is 31.7 Å². The molecular formula is C14H23ClN4. The third kappa shape index (κ3) is 3.00. The summed E-state index contributed by atoms with van der Waals surface area (Å²) in [5.74, 6) is 1.85. The highest BCUT2D eigenvalue weighted by atomic mass is 35.5. The van der Waals surface area contributed by atoms with Crippen molar-refractivity contribution >= 4 is 17.4 Å². The molecule has 1 fully saturated rings. The van der Waals surface area contributed by atoms with E-state index in [0.717, 1.165) is 49.7 Å². The zero-order chi connectivity index (χ0) is 14.0. The summed E-state index contributed by atoms with van der Waals surface area (Å²) < 4.78 is 0. The molecule has 1 aliphatic heterocycles. The first-order chi connectivity index (χ1) is 9.06. The molecule has 0 aliphatic carbocycles. The highest BCUT2D eigenvalue weighted by Crippen LogP contribution is 2.26. The van der Waals surface area contributed by atoms with Gasteiger partial charge in [0, 0.05) is 37.7 Å². The Hall–Kier alpha value is -0.870. The number of hydrogen-bond donors (Lipinski definition) is 0. The molecule has 1 unspecified atom stereocenters. The maximum Gasteiger partial charge on any atom is 0.137 e. The van der Waals surface area contributed by atoms with E-state index in [1.165, 1.54) is 0 Å². The van der Waals surface area contributed by atoms with Gasteiger partial charge in [0.05, 0.1) is 0 Å². The van der Waals surface area contributed by atoms with Gasteiger partial charge in [-0.05, 0) is 20.4 Å². The third-order valence-electron chi connectivity index (χ3n) is 3.97. The summed E-state index contributed by atoms with van der Waals surface area (Å²) >= 11 is 6.23. The van der Waals surface area contributed by atoms with Crippen LogP contribution in [0, 0.1) is 6.92 Å². The number of halogens is 1. The second kappa shape index (κ2) is 6.06. The zero-order valence-electron chi connectivity index (χ0n) is 12.3. The molecule has 1 aromatic heterocycles. The van der Waals surface area contributed by atoms with Crippen LogP contribution in [0.4, 0.5) is 5.82 Å². The molecule has 0 saturated carbocycles. The largest absolute Gasteiger partial charge is 0.353 e. The molecule has 1 saturated heterocycles. The number of rotatable bonds is 3. The number of hydrogen-bond acceptors (Lipinski definition) is 4. The molecule has 2 heterocycles. The quantitative estimate of drug-likeness (QED) is 0.798. The summed E-state index contributed by atoms with van der Waals surface area (Å²) in [4.78, 5) is 13.8. The molecule has 4 nitrogen and oxygen atoms in total. The van der Waals surface area contributed by atoms with E-state index in [4.69, 9.17) is 11.6 Å². The van der Waals surface area contributed by atoms with Gasteiger partial charge in [-0.15, -0.1) is 0 Å². The average molecular weight is 283 g/mol. The van der Waals surface area contributed by atoms with Crippen molar-refractivity contribution in [1.29, 1.82) is 0 Å². The lowest BCUT2D eigenvalue weighted by atomic mass is 10.1. The first-order valence-corrected chi connectivity index (χ1v) is 7.42. The topological polar surface area (TPSA) is 32.3 Å². The van der Waals surface area contributed by atoms with Crippen LogP contribution in [0.2, 0.25) is 5.15 Å². The van der Waals surface area contributed by atoms with Crippen molar-refractivity contribution < 1.29 is 0 Å². The van der Waals surface area contributed by atoms with Crippen molar-refractivity contribution in [2.75, 3.05) is 31.6 Å². The fourth-order valence-corrected chi connectivity index (χ4v) is 2.75. The molecule has 0 aromatic carbocycles. The van der Waals surface area contributed by atoms with Crippen molar-refractivity contribution in [2.24, 2.45) is 0 Å². The lowest BCUT2D eigenvalue weighted by molar-refractivity contribution is 0.212. The number of anilines is 1. The minimum atomic E-state index is 0.590. The average Bonchev–Trinajstić information content (AvgIpc) is 2.42. The van der Waals surface area contributed by atoms with Gasteiger partial charge < -0.3 is 4.90 Å². The van der Waals surface area contributed by atoms with Crippen LogP contribution < -0.4 is 4.90 Å². The molecule has 0 N–H and O–H groups in total. The summed E-state index contributed by atoms with van der Waals surface area (Å²) in [5, 5.41) is 0.592. The van der Waals surface area contributed by atoms with Crippen molar-refractivity contribution in [3.05, 3.63) is 16.5 Å². The molecule has 2 rings (SSSR count). The first-order valence-electron chi connectivity index (χ1n) is 7.05. The summed E-state index contributed by atoms with van der Waals surface area (Å²) in [6, 6.07) is 0.590. The van der Waals surface area contributed by atoms with E-state index in [1.54, 1.807) is 0 Å². The Balaban J connectivity index is 2.28. The zero-order valence-corrected chi connectivity index (χ0v) is 13.0. The molecule has 0 amide bonds. The van der Waals surface area contributed by atoms with Crippen molar-refractivity contribution in [2.45, 2.75) is 39.7 Å². The Morgan fingerprint density at radius 2 is 2.00 bits per heavy atom. The maximum absolute atomic E-state index is 6.23. The Kier molecular flexibility index (Phi) is 4.63. The van der Waals surface area contributed by atoms with Gasteiger partial charge >= 0.3 is 0 Å². The van der Waals surface area contributed by atoms with Crippen LogP contribution in [-0.4, -0.2) is 47.6 Å². The minimum absolute atomic E-state index is 0.590. The Morgan fingerprint density at radius 1 is 1.26 bits per heavy atom. The van der Waals surface area contributed by atoms with Crippen LogP contribution in [-0.2, 0) is 6.42 Å². The van der Waals surface area contributed by atoms with Gasteiger partial charge in [0.15, 0.2) is 0 Å². The van der Waals surface area contributed by atoms with Gasteiger partial charge in [-0.1, -0.05) is 25.4 Å². The Labute approximate surface area is 120 Å². The normalized spacial score (nSPS) is 20.9. The van der Waals surface area contributed by atoms with Crippen molar-refractivity contribution in [3.63, 3.8) is 0 Å². The van der Waals surface area contributed by atoms with Crippen molar-refractivity contribution in [3.8, 4) is 0 Å². The standard InChI is InChI=1S/C14H23ClN4/c1-5-11-9-19(8-7-18(11)4)14-10(3)13(15)16-12(6-2)17-14/h11H,5-9H2,1-4H3. The monoisotopic (exact) mass is 282 g/mol. The van der Waals surface area contributed by atoms with Crippen LogP contribution in [0.15, 0.2) is 0 Å². The van der Waals surface area contributed by atoms with Gasteiger partial charge in [0.25, 0.3) is 0 Å². The van der Waals surface area contributed by atoms with E-state index in [0.29, 0.717) is 11.2 Å². The lowest BCUT2D eigenvalue weighted by Crippen LogP contribution is -2.51. The van der Waals surface area contributed by atoms with E-state index in [9.17, 15) is 0 Å². The number of nitrogens with zero attached hydrogens (tertiary/aromatic N) is 4. The second-order valence-electron chi connectivity index (χ2n) is 5.22. The molecule has 1 atom stereocenters. The van der Waals surface area contributed by atoms with Crippen LogP contribution in [0.5, 0.6) is 0 Å². The van der Waals surface area contributed by atoms with Gasteiger partial charge in [-0.2, -0.15) is 0 Å². The van der Waals surface area contributed by atoms with Crippen LogP contribution in [0.3, 0.4) is 0 Å². The number of piperazine rings is 1. The van der Waals surface area contributed by atoms with E-state index in [2.05, 4.69) is 40.7 Å². The highest BCUT2D eigenvalue weighted by Gasteiger charge is 2.25.